The van der Waals surface area contributed by atoms with Gasteiger partial charge >= 0.3 is 0 Å². The number of rotatable bonds is 8. The highest BCUT2D eigenvalue weighted by Gasteiger charge is 2.25. The molecule has 152 valence electrons. The predicted molar refractivity (Wildman–Crippen MR) is 110 cm³/mol. The van der Waals surface area contributed by atoms with Crippen molar-refractivity contribution >= 4 is 23.3 Å². The van der Waals surface area contributed by atoms with Crippen LogP contribution in [-0.4, -0.2) is 32.0 Å². The van der Waals surface area contributed by atoms with Gasteiger partial charge in [0, 0.05) is 11.3 Å². The maximum atomic E-state index is 12.8. The van der Waals surface area contributed by atoms with Gasteiger partial charge in [-0.2, -0.15) is 0 Å². The van der Waals surface area contributed by atoms with Gasteiger partial charge in [-0.3, -0.25) is 9.59 Å². The van der Waals surface area contributed by atoms with Gasteiger partial charge in [-0.1, -0.05) is 23.9 Å². The SMILES string of the molecule is CC(=O)c1c(C)[nH]c(C(=O)[C@H](C)Sc2nnc(COc3cccc(C)c3)o2)c1C. The van der Waals surface area contributed by atoms with Crippen LogP contribution in [0.15, 0.2) is 33.9 Å². The lowest BCUT2D eigenvalue weighted by Crippen LogP contribution is -2.15. The highest BCUT2D eigenvalue weighted by Crippen LogP contribution is 2.27. The second-order valence-corrected chi connectivity index (χ2v) is 8.16. The number of aromatic amines is 1. The minimum Gasteiger partial charge on any atom is -0.484 e. The largest absolute Gasteiger partial charge is 0.484 e. The third-order valence-corrected chi connectivity index (χ3v) is 5.42. The van der Waals surface area contributed by atoms with Crippen molar-refractivity contribution in [2.45, 2.75) is 51.7 Å². The summed E-state index contributed by atoms with van der Waals surface area (Å²) in [4.78, 5) is 27.7. The summed E-state index contributed by atoms with van der Waals surface area (Å²) in [5.74, 6) is 0.865. The molecular formula is C21H23N3O4S. The number of nitrogens with one attached hydrogen (secondary N) is 1. The van der Waals surface area contributed by atoms with Crippen molar-refractivity contribution in [3.8, 4) is 5.75 Å². The van der Waals surface area contributed by atoms with Crippen molar-refractivity contribution in [1.29, 1.82) is 0 Å². The van der Waals surface area contributed by atoms with Crippen LogP contribution in [0.3, 0.4) is 0 Å². The molecular weight excluding hydrogens is 390 g/mol. The first-order valence-corrected chi connectivity index (χ1v) is 10.1. The molecule has 3 aromatic rings. The van der Waals surface area contributed by atoms with Crippen LogP contribution in [0, 0.1) is 20.8 Å². The van der Waals surface area contributed by atoms with Crippen LogP contribution >= 0.6 is 11.8 Å². The van der Waals surface area contributed by atoms with Crippen LogP contribution in [0.4, 0.5) is 0 Å². The fourth-order valence-corrected chi connectivity index (χ4v) is 3.89. The summed E-state index contributed by atoms with van der Waals surface area (Å²) >= 11 is 1.17. The number of carbonyl (C=O) groups excluding carboxylic acids is 2. The molecule has 8 heteroatoms. The van der Waals surface area contributed by atoms with Crippen LogP contribution in [-0.2, 0) is 6.61 Å². The predicted octanol–water partition coefficient (Wildman–Crippen LogP) is 4.47. The van der Waals surface area contributed by atoms with Crippen LogP contribution in [0.25, 0.3) is 0 Å². The first-order valence-electron chi connectivity index (χ1n) is 9.19. The molecule has 0 amide bonds. The van der Waals surface area contributed by atoms with Crippen LogP contribution in [0.5, 0.6) is 5.75 Å². The first kappa shape index (κ1) is 20.9. The fraction of sp³-hybridized carbons (Fsp3) is 0.333. The molecule has 0 unspecified atom stereocenters. The van der Waals surface area contributed by atoms with Crippen molar-refractivity contribution in [2.75, 3.05) is 0 Å². The van der Waals surface area contributed by atoms with E-state index in [-0.39, 0.29) is 18.2 Å². The fourth-order valence-electron chi connectivity index (χ4n) is 3.13. The van der Waals surface area contributed by atoms with E-state index in [0.29, 0.717) is 33.6 Å². The van der Waals surface area contributed by atoms with Gasteiger partial charge < -0.3 is 14.1 Å². The topological polar surface area (TPSA) is 98.1 Å². The standard InChI is InChI=1S/C21H23N3O4S/c1-11-7-6-8-16(9-11)27-10-17-23-24-21(28-17)29-15(5)20(26)19-12(2)18(14(4)25)13(3)22-19/h6-9,15,22H,10H2,1-5H3/t15-/m0/s1. The average Bonchev–Trinajstić information content (AvgIpc) is 3.23. The Hall–Kier alpha value is -2.87. The summed E-state index contributed by atoms with van der Waals surface area (Å²) < 4.78 is 11.2. The van der Waals surface area contributed by atoms with Crippen molar-refractivity contribution in [3.63, 3.8) is 0 Å². The van der Waals surface area contributed by atoms with Gasteiger partial charge in [0.05, 0.1) is 10.9 Å². The molecule has 0 aliphatic rings. The molecule has 1 aromatic carbocycles. The van der Waals surface area contributed by atoms with Crippen molar-refractivity contribution in [3.05, 3.63) is 58.2 Å². The van der Waals surface area contributed by atoms with E-state index in [4.69, 9.17) is 9.15 Å². The number of aryl methyl sites for hydroxylation is 2. The van der Waals surface area contributed by atoms with E-state index in [1.165, 1.54) is 18.7 Å². The summed E-state index contributed by atoms with van der Waals surface area (Å²) in [7, 11) is 0. The Kier molecular flexibility index (Phi) is 6.22. The highest BCUT2D eigenvalue weighted by atomic mass is 32.2. The van der Waals surface area contributed by atoms with Gasteiger partial charge in [0.2, 0.25) is 0 Å². The number of nitrogens with zero attached hydrogens (tertiary/aromatic N) is 2. The van der Waals surface area contributed by atoms with E-state index in [2.05, 4.69) is 15.2 Å². The van der Waals surface area contributed by atoms with Crippen LogP contribution in [0.2, 0.25) is 0 Å². The first-order chi connectivity index (χ1) is 13.8. The molecule has 29 heavy (non-hydrogen) atoms. The Morgan fingerprint density at radius 1 is 1.24 bits per heavy atom. The van der Waals surface area contributed by atoms with E-state index >= 15 is 0 Å². The zero-order valence-electron chi connectivity index (χ0n) is 17.0. The molecule has 0 aliphatic carbocycles. The minimum absolute atomic E-state index is 0.0641. The van der Waals surface area contributed by atoms with Crippen molar-refractivity contribution in [1.82, 2.24) is 15.2 Å². The van der Waals surface area contributed by atoms with E-state index in [9.17, 15) is 9.59 Å². The Labute approximate surface area is 173 Å². The number of ketones is 2. The molecule has 0 spiro atoms. The van der Waals surface area contributed by atoms with Gasteiger partial charge in [-0.15, -0.1) is 10.2 Å². The Morgan fingerprint density at radius 3 is 2.66 bits per heavy atom. The lowest BCUT2D eigenvalue weighted by Gasteiger charge is -2.07. The maximum absolute atomic E-state index is 12.8. The number of hydrogen-bond acceptors (Lipinski definition) is 7. The average molecular weight is 413 g/mol. The molecule has 2 heterocycles. The third kappa shape index (κ3) is 4.76. The molecule has 0 radical (unpaired) electrons. The highest BCUT2D eigenvalue weighted by molar-refractivity contribution is 8.00. The lowest BCUT2D eigenvalue weighted by atomic mass is 10.0. The molecule has 0 fully saturated rings. The Morgan fingerprint density at radius 2 is 2.00 bits per heavy atom. The molecule has 2 aromatic heterocycles. The Bertz CT molecular complexity index is 1050. The van der Waals surface area contributed by atoms with E-state index in [0.717, 1.165) is 11.3 Å². The van der Waals surface area contributed by atoms with Gasteiger partial charge in [0.25, 0.3) is 11.1 Å². The maximum Gasteiger partial charge on any atom is 0.277 e. The van der Waals surface area contributed by atoms with Crippen LogP contribution < -0.4 is 4.74 Å². The number of thioether (sulfide) groups is 1. The van der Waals surface area contributed by atoms with Crippen molar-refractivity contribution in [2.24, 2.45) is 0 Å². The number of carbonyl (C=O) groups is 2. The van der Waals surface area contributed by atoms with E-state index in [1.807, 2.05) is 31.2 Å². The van der Waals surface area contributed by atoms with Gasteiger partial charge in [0.1, 0.15) is 5.75 Å². The molecule has 0 saturated carbocycles. The molecule has 7 nitrogen and oxygen atoms in total. The third-order valence-electron chi connectivity index (χ3n) is 4.48. The normalized spacial score (nSPS) is 12.0. The monoisotopic (exact) mass is 413 g/mol. The summed E-state index contributed by atoms with van der Waals surface area (Å²) in [6, 6.07) is 7.67. The zero-order valence-corrected chi connectivity index (χ0v) is 17.8. The second-order valence-electron chi connectivity index (χ2n) is 6.87. The quantitative estimate of drug-likeness (QED) is 0.430. The number of hydrogen-bond donors (Lipinski definition) is 1. The van der Waals surface area contributed by atoms with E-state index < -0.39 is 5.25 Å². The molecule has 1 atom stereocenters. The van der Waals surface area contributed by atoms with Gasteiger partial charge in [-0.25, -0.2) is 0 Å². The zero-order chi connectivity index (χ0) is 21.1. The summed E-state index contributed by atoms with van der Waals surface area (Å²) in [6.45, 7) is 8.96. The minimum atomic E-state index is -0.461. The number of benzene rings is 1. The Balaban J connectivity index is 1.64. The summed E-state index contributed by atoms with van der Waals surface area (Å²) in [5, 5.41) is 7.79. The van der Waals surface area contributed by atoms with Crippen LogP contribution in [0.1, 0.15) is 57.4 Å². The molecule has 0 aliphatic heterocycles. The number of H-pyrrole nitrogens is 1. The summed E-state index contributed by atoms with van der Waals surface area (Å²) in [5.41, 5.74) is 3.47. The summed E-state index contributed by atoms with van der Waals surface area (Å²) in [6.07, 6.45) is 0. The van der Waals surface area contributed by atoms with Gasteiger partial charge in [-0.05, 0) is 57.9 Å². The number of aromatic nitrogens is 3. The number of Topliss-reactive ketones (excluding diaryl/α,β-unsaturated/α-hetero) is 2. The van der Waals surface area contributed by atoms with Crippen molar-refractivity contribution < 1.29 is 18.7 Å². The number of ether oxygens (including phenoxy) is 1. The smallest absolute Gasteiger partial charge is 0.277 e. The lowest BCUT2D eigenvalue weighted by molar-refractivity contribution is 0.0988. The molecule has 0 saturated heterocycles. The van der Waals surface area contributed by atoms with E-state index in [1.54, 1.807) is 20.8 Å². The van der Waals surface area contributed by atoms with Gasteiger partial charge in [0.15, 0.2) is 18.2 Å². The molecule has 0 bridgehead atoms. The molecule has 1 N–H and O–H groups in total. The molecule has 3 rings (SSSR count). The second kappa shape index (κ2) is 8.65.